The number of hydrogen-bond donors (Lipinski definition) is 2. The first-order valence-electron chi connectivity index (χ1n) is 11.8. The van der Waals surface area contributed by atoms with E-state index in [0.29, 0.717) is 6.54 Å². The number of amides is 2. The Bertz CT molecular complexity index is 642. The molecule has 2 aliphatic rings. The quantitative estimate of drug-likeness (QED) is 0.570. The zero-order valence-electron chi connectivity index (χ0n) is 18.9. The van der Waals surface area contributed by atoms with Gasteiger partial charge < -0.3 is 20.3 Å². The van der Waals surface area contributed by atoms with Gasteiger partial charge in [-0.3, -0.25) is 4.90 Å². The fraction of sp³-hybridized carbons (Fsp3) is 0.708. The topological polar surface area (TPSA) is 56.8 Å². The molecule has 2 fully saturated rings. The first kappa shape index (κ1) is 22.9. The summed E-state index contributed by atoms with van der Waals surface area (Å²) in [4.78, 5) is 17.3. The highest BCUT2D eigenvalue weighted by Gasteiger charge is 2.24. The molecular weight excluding hydrogens is 376 g/mol. The van der Waals surface area contributed by atoms with E-state index in [4.69, 9.17) is 4.74 Å². The average molecular weight is 417 g/mol. The van der Waals surface area contributed by atoms with Crippen LogP contribution in [0.4, 0.5) is 4.79 Å². The van der Waals surface area contributed by atoms with Crippen LogP contribution in [-0.2, 0) is 0 Å². The van der Waals surface area contributed by atoms with Crippen LogP contribution in [-0.4, -0.2) is 68.8 Å². The lowest BCUT2D eigenvalue weighted by molar-refractivity contribution is 0.189. The van der Waals surface area contributed by atoms with Crippen molar-refractivity contribution in [3.8, 4) is 5.75 Å². The van der Waals surface area contributed by atoms with E-state index in [9.17, 15) is 4.79 Å². The minimum Gasteiger partial charge on any atom is -0.497 e. The molecule has 1 aromatic carbocycles. The molecule has 1 saturated carbocycles. The maximum absolute atomic E-state index is 12.4. The molecule has 1 unspecified atom stereocenters. The van der Waals surface area contributed by atoms with Crippen molar-refractivity contribution >= 4 is 6.03 Å². The van der Waals surface area contributed by atoms with Crippen molar-refractivity contribution in [2.75, 3.05) is 46.9 Å². The molecule has 6 heteroatoms. The SMILES string of the molecule is COc1cccc(C(CNC(=O)NCCCN(C)C2CCCCC2)N2CCCC2)c1. The second kappa shape index (κ2) is 12.2. The molecule has 1 atom stereocenters. The largest absolute Gasteiger partial charge is 0.497 e. The zero-order chi connectivity index (χ0) is 21.2. The normalized spacial score (nSPS) is 19.0. The van der Waals surface area contributed by atoms with Gasteiger partial charge in [-0.1, -0.05) is 31.4 Å². The number of ether oxygens (including phenoxy) is 1. The van der Waals surface area contributed by atoms with E-state index < -0.39 is 0 Å². The van der Waals surface area contributed by atoms with Gasteiger partial charge in [-0.25, -0.2) is 4.79 Å². The molecule has 2 amide bonds. The Morgan fingerprint density at radius 2 is 1.93 bits per heavy atom. The third-order valence-electron chi connectivity index (χ3n) is 6.69. The number of rotatable bonds is 10. The number of likely N-dealkylation sites (tertiary alicyclic amines) is 1. The summed E-state index contributed by atoms with van der Waals surface area (Å²) in [5, 5.41) is 6.14. The molecule has 0 aromatic heterocycles. The number of methoxy groups -OCH3 is 1. The van der Waals surface area contributed by atoms with Gasteiger partial charge in [0.15, 0.2) is 0 Å². The lowest BCUT2D eigenvalue weighted by Crippen LogP contribution is -2.42. The van der Waals surface area contributed by atoms with Crippen LogP contribution in [0.1, 0.15) is 63.0 Å². The zero-order valence-corrected chi connectivity index (χ0v) is 18.9. The van der Waals surface area contributed by atoms with Gasteiger partial charge >= 0.3 is 6.03 Å². The Morgan fingerprint density at radius 3 is 2.67 bits per heavy atom. The highest BCUT2D eigenvalue weighted by molar-refractivity contribution is 5.73. The summed E-state index contributed by atoms with van der Waals surface area (Å²) >= 11 is 0. The summed E-state index contributed by atoms with van der Waals surface area (Å²) in [6.07, 6.45) is 10.2. The number of nitrogens with one attached hydrogen (secondary N) is 2. The van der Waals surface area contributed by atoms with E-state index in [0.717, 1.165) is 44.4 Å². The predicted octanol–water partition coefficient (Wildman–Crippen LogP) is 3.79. The first-order valence-corrected chi connectivity index (χ1v) is 11.8. The minimum absolute atomic E-state index is 0.0672. The van der Waals surface area contributed by atoms with Crippen molar-refractivity contribution in [3.05, 3.63) is 29.8 Å². The summed E-state index contributed by atoms with van der Waals surface area (Å²) in [7, 11) is 3.92. The van der Waals surface area contributed by atoms with Gasteiger partial charge in [0.25, 0.3) is 0 Å². The molecule has 1 aliphatic heterocycles. The van der Waals surface area contributed by atoms with Gasteiger partial charge in [0.2, 0.25) is 0 Å². The predicted molar refractivity (Wildman–Crippen MR) is 122 cm³/mol. The number of hydrogen-bond acceptors (Lipinski definition) is 4. The van der Waals surface area contributed by atoms with Gasteiger partial charge in [0.1, 0.15) is 5.75 Å². The second-order valence-corrected chi connectivity index (χ2v) is 8.80. The highest BCUT2D eigenvalue weighted by Crippen LogP contribution is 2.27. The Balaban J connectivity index is 1.41. The maximum Gasteiger partial charge on any atom is 0.314 e. The van der Waals surface area contributed by atoms with E-state index in [1.165, 1.54) is 50.5 Å². The molecule has 1 aromatic rings. The van der Waals surface area contributed by atoms with Gasteiger partial charge in [0.05, 0.1) is 13.2 Å². The molecular formula is C24H40N4O2. The van der Waals surface area contributed by atoms with Crippen LogP contribution in [0, 0.1) is 0 Å². The van der Waals surface area contributed by atoms with Gasteiger partial charge in [-0.2, -0.15) is 0 Å². The van der Waals surface area contributed by atoms with E-state index >= 15 is 0 Å². The number of urea groups is 1. The molecule has 3 rings (SSSR count). The molecule has 30 heavy (non-hydrogen) atoms. The van der Waals surface area contributed by atoms with Crippen LogP contribution in [0.15, 0.2) is 24.3 Å². The second-order valence-electron chi connectivity index (χ2n) is 8.80. The van der Waals surface area contributed by atoms with Gasteiger partial charge in [0, 0.05) is 19.1 Å². The van der Waals surface area contributed by atoms with Crippen LogP contribution in [0.2, 0.25) is 0 Å². The van der Waals surface area contributed by atoms with E-state index in [-0.39, 0.29) is 12.1 Å². The van der Waals surface area contributed by atoms with E-state index in [2.05, 4.69) is 39.6 Å². The molecule has 1 heterocycles. The van der Waals surface area contributed by atoms with Crippen LogP contribution in [0.5, 0.6) is 5.75 Å². The molecule has 2 N–H and O–H groups in total. The third-order valence-corrected chi connectivity index (χ3v) is 6.69. The van der Waals surface area contributed by atoms with Crippen molar-refractivity contribution in [2.45, 2.75) is 63.5 Å². The van der Waals surface area contributed by atoms with Crippen molar-refractivity contribution in [3.63, 3.8) is 0 Å². The third kappa shape index (κ3) is 6.88. The lowest BCUT2D eigenvalue weighted by Gasteiger charge is -2.31. The van der Waals surface area contributed by atoms with Gasteiger partial charge in [-0.15, -0.1) is 0 Å². The highest BCUT2D eigenvalue weighted by atomic mass is 16.5. The maximum atomic E-state index is 12.4. The number of nitrogens with zero attached hydrogens (tertiary/aromatic N) is 2. The van der Waals surface area contributed by atoms with Crippen molar-refractivity contribution < 1.29 is 9.53 Å². The van der Waals surface area contributed by atoms with E-state index in [1.54, 1.807) is 7.11 Å². The first-order chi connectivity index (χ1) is 14.7. The molecule has 0 radical (unpaired) electrons. The fourth-order valence-electron chi connectivity index (χ4n) is 4.85. The van der Waals surface area contributed by atoms with Crippen LogP contribution in [0.3, 0.4) is 0 Å². The Labute approximate surface area is 182 Å². The molecule has 0 bridgehead atoms. The number of carbonyl (C=O) groups is 1. The number of benzene rings is 1. The Hall–Kier alpha value is -1.79. The molecule has 0 spiro atoms. The summed E-state index contributed by atoms with van der Waals surface area (Å²) < 4.78 is 5.40. The number of carbonyl (C=O) groups excluding carboxylic acids is 1. The average Bonchev–Trinajstić information content (AvgIpc) is 3.32. The summed E-state index contributed by atoms with van der Waals surface area (Å²) in [5.74, 6) is 0.864. The van der Waals surface area contributed by atoms with Crippen molar-refractivity contribution in [2.24, 2.45) is 0 Å². The van der Waals surface area contributed by atoms with Gasteiger partial charge in [-0.05, 0) is 76.5 Å². The van der Waals surface area contributed by atoms with Crippen LogP contribution in [0.25, 0.3) is 0 Å². The fourth-order valence-corrected chi connectivity index (χ4v) is 4.85. The van der Waals surface area contributed by atoms with Crippen LogP contribution >= 0.6 is 0 Å². The van der Waals surface area contributed by atoms with Crippen molar-refractivity contribution in [1.82, 2.24) is 20.4 Å². The monoisotopic (exact) mass is 416 g/mol. The smallest absolute Gasteiger partial charge is 0.314 e. The lowest BCUT2D eigenvalue weighted by atomic mass is 9.94. The molecule has 6 nitrogen and oxygen atoms in total. The van der Waals surface area contributed by atoms with Crippen molar-refractivity contribution in [1.29, 1.82) is 0 Å². The molecule has 168 valence electrons. The molecule has 1 aliphatic carbocycles. The van der Waals surface area contributed by atoms with E-state index in [1.807, 2.05) is 12.1 Å². The minimum atomic E-state index is -0.0672. The Morgan fingerprint density at radius 1 is 1.17 bits per heavy atom. The summed E-state index contributed by atoms with van der Waals surface area (Å²) in [5.41, 5.74) is 1.20. The summed E-state index contributed by atoms with van der Waals surface area (Å²) in [6, 6.07) is 9.07. The summed E-state index contributed by atoms with van der Waals surface area (Å²) in [6.45, 7) is 4.54. The Kier molecular flexibility index (Phi) is 9.27. The van der Waals surface area contributed by atoms with Crippen LogP contribution < -0.4 is 15.4 Å². The standard InChI is InChI=1S/C24H40N4O2/c1-27(21-11-4-3-5-12-21)15-9-14-25-24(29)26-19-23(28-16-6-7-17-28)20-10-8-13-22(18-20)30-2/h8,10,13,18,21,23H,3-7,9,11-12,14-17,19H2,1-2H3,(H2,25,26,29). The molecule has 1 saturated heterocycles.